The van der Waals surface area contributed by atoms with E-state index in [1.807, 2.05) is 42.2 Å². The quantitative estimate of drug-likeness (QED) is 0.356. The second kappa shape index (κ2) is 12.1. The highest BCUT2D eigenvalue weighted by molar-refractivity contribution is 7.14. The summed E-state index contributed by atoms with van der Waals surface area (Å²) in [6.45, 7) is 7.36. The number of aryl methyl sites for hydroxylation is 2. The Kier molecular flexibility index (Phi) is 8.23. The van der Waals surface area contributed by atoms with E-state index in [9.17, 15) is 19.8 Å². The van der Waals surface area contributed by atoms with Crippen LogP contribution in [0.4, 0.5) is 5.13 Å². The van der Waals surface area contributed by atoms with Crippen molar-refractivity contribution in [2.24, 2.45) is 17.8 Å². The van der Waals surface area contributed by atoms with Gasteiger partial charge in [-0.2, -0.15) is 0 Å². The van der Waals surface area contributed by atoms with Crippen LogP contribution in [-0.2, 0) is 11.4 Å². The molecule has 1 saturated carbocycles. The molecule has 42 heavy (non-hydrogen) atoms. The molecule has 3 aromatic rings. The first-order valence-corrected chi connectivity index (χ1v) is 15.9. The van der Waals surface area contributed by atoms with Gasteiger partial charge in [0.25, 0.3) is 5.91 Å². The molecule has 2 aromatic carbocycles. The molecule has 1 aliphatic carbocycles. The normalized spacial score (nSPS) is 22.4. The maximum atomic E-state index is 13.0. The van der Waals surface area contributed by atoms with Gasteiger partial charge in [0.2, 0.25) is 0 Å². The van der Waals surface area contributed by atoms with Crippen LogP contribution in [0, 0.1) is 31.6 Å². The fourth-order valence-electron chi connectivity index (χ4n) is 6.93. The van der Waals surface area contributed by atoms with Crippen LogP contribution in [0.1, 0.15) is 59.2 Å². The Morgan fingerprint density at radius 2 is 1.76 bits per heavy atom. The fraction of sp³-hybridized carbons (Fsp3) is 0.485. The summed E-state index contributed by atoms with van der Waals surface area (Å²) < 4.78 is 6.36. The van der Waals surface area contributed by atoms with Crippen LogP contribution >= 0.6 is 11.3 Å². The molecule has 1 aromatic heterocycles. The number of aliphatic carboxylic acids is 1. The molecular formula is C33H39N3O5S. The molecule has 1 unspecified atom stereocenters. The molecule has 2 N–H and O–H groups in total. The van der Waals surface area contributed by atoms with E-state index in [2.05, 4.69) is 23.3 Å². The number of aromatic nitrogens is 1. The van der Waals surface area contributed by atoms with Gasteiger partial charge in [-0.1, -0.05) is 17.7 Å². The molecule has 1 amide bonds. The molecule has 2 aliphatic heterocycles. The molecular weight excluding hydrogens is 550 g/mol. The highest BCUT2D eigenvalue weighted by Gasteiger charge is 2.43. The molecule has 2 saturated heterocycles. The van der Waals surface area contributed by atoms with Crippen LogP contribution in [0.5, 0.6) is 5.75 Å². The van der Waals surface area contributed by atoms with E-state index < -0.39 is 5.97 Å². The minimum absolute atomic E-state index is 0.0109. The number of hydrogen-bond acceptors (Lipinski definition) is 7. The standard InChI is InChI=1S/C33H39N3O5S/c1-20-3-8-30(41-18-25-7-4-22(14-21(25)2)32(40)35-11-9-26(37)10-12-35)28(13-20)29-19-42-33(34-29)36-16-23-5-6-24(17-36)27(23)15-31(38)39/h3-4,7-8,13-14,19,23-24,26-27,37H,5-6,9-12,15-18H2,1-2H3,(H,38,39)/t23-,24+,27?. The molecule has 9 heteroatoms. The third-order valence-corrected chi connectivity index (χ3v) is 10.2. The molecule has 2 bridgehead atoms. The second-order valence-corrected chi connectivity index (χ2v) is 13.1. The van der Waals surface area contributed by atoms with E-state index in [1.165, 1.54) is 0 Å². The third kappa shape index (κ3) is 6.03. The zero-order valence-electron chi connectivity index (χ0n) is 24.3. The lowest BCUT2D eigenvalue weighted by molar-refractivity contribution is -0.138. The lowest BCUT2D eigenvalue weighted by Gasteiger charge is -2.37. The number of ether oxygens (including phenoxy) is 1. The van der Waals surface area contributed by atoms with Crippen molar-refractivity contribution in [3.8, 4) is 17.0 Å². The Labute approximate surface area is 251 Å². The van der Waals surface area contributed by atoms with Gasteiger partial charge >= 0.3 is 5.97 Å². The smallest absolute Gasteiger partial charge is 0.303 e. The van der Waals surface area contributed by atoms with Crippen LogP contribution in [0.3, 0.4) is 0 Å². The summed E-state index contributed by atoms with van der Waals surface area (Å²) in [5.41, 5.74) is 5.66. The van der Waals surface area contributed by atoms with Gasteiger partial charge in [0.05, 0.1) is 11.8 Å². The first-order valence-electron chi connectivity index (χ1n) is 15.0. The van der Waals surface area contributed by atoms with Crippen molar-refractivity contribution in [2.75, 3.05) is 31.1 Å². The molecule has 222 valence electrons. The predicted octanol–water partition coefficient (Wildman–Crippen LogP) is 5.54. The Bertz CT molecular complexity index is 1450. The molecule has 0 radical (unpaired) electrons. The molecule has 3 heterocycles. The van der Waals surface area contributed by atoms with Crippen molar-refractivity contribution >= 4 is 28.3 Å². The average molecular weight is 590 g/mol. The van der Waals surface area contributed by atoms with Crippen LogP contribution in [0.2, 0.25) is 0 Å². The van der Waals surface area contributed by atoms with E-state index in [1.54, 1.807) is 11.3 Å². The van der Waals surface area contributed by atoms with Gasteiger partial charge in [0, 0.05) is 49.1 Å². The Hall–Kier alpha value is -3.43. The van der Waals surface area contributed by atoms with Crippen LogP contribution in [0.15, 0.2) is 41.8 Å². The Morgan fingerprint density at radius 1 is 1.02 bits per heavy atom. The zero-order chi connectivity index (χ0) is 29.4. The number of carboxylic acids is 1. The minimum Gasteiger partial charge on any atom is -0.488 e. The summed E-state index contributed by atoms with van der Waals surface area (Å²) in [4.78, 5) is 33.6. The van der Waals surface area contributed by atoms with Gasteiger partial charge < -0.3 is 24.7 Å². The number of rotatable bonds is 8. The number of aliphatic hydroxyl groups is 1. The number of hydrogen-bond donors (Lipinski definition) is 2. The first-order chi connectivity index (χ1) is 20.2. The molecule has 6 rings (SSSR count). The second-order valence-electron chi connectivity index (χ2n) is 12.2. The van der Waals surface area contributed by atoms with Gasteiger partial charge in [-0.25, -0.2) is 4.98 Å². The Balaban J connectivity index is 1.14. The summed E-state index contributed by atoms with van der Waals surface area (Å²) in [6, 6.07) is 11.9. The lowest BCUT2D eigenvalue weighted by atomic mass is 9.83. The summed E-state index contributed by atoms with van der Waals surface area (Å²) in [6.07, 6.45) is 3.42. The molecule has 0 spiro atoms. The molecule has 3 fully saturated rings. The number of carboxylic acid groups (broad SMARTS) is 1. The number of piperidine rings is 2. The predicted molar refractivity (Wildman–Crippen MR) is 163 cm³/mol. The number of carbonyl (C=O) groups excluding carboxylic acids is 1. The number of likely N-dealkylation sites (tertiary alicyclic amines) is 1. The van der Waals surface area contributed by atoms with E-state index in [4.69, 9.17) is 9.72 Å². The van der Waals surface area contributed by atoms with Crippen molar-refractivity contribution < 1.29 is 24.5 Å². The number of nitrogens with zero attached hydrogens (tertiary/aromatic N) is 3. The van der Waals surface area contributed by atoms with Gasteiger partial charge in [0.15, 0.2) is 5.13 Å². The van der Waals surface area contributed by atoms with Crippen LogP contribution in [0.25, 0.3) is 11.3 Å². The van der Waals surface area contributed by atoms with Crippen LogP contribution in [-0.4, -0.2) is 64.3 Å². The van der Waals surface area contributed by atoms with E-state index >= 15 is 0 Å². The average Bonchev–Trinajstić information content (AvgIpc) is 3.54. The minimum atomic E-state index is -0.688. The summed E-state index contributed by atoms with van der Waals surface area (Å²) in [5.74, 6) is 1.21. The highest BCUT2D eigenvalue weighted by Crippen LogP contribution is 2.46. The maximum absolute atomic E-state index is 13.0. The van der Waals surface area contributed by atoms with Crippen molar-refractivity contribution in [3.63, 3.8) is 0 Å². The summed E-state index contributed by atoms with van der Waals surface area (Å²) in [7, 11) is 0. The molecule has 3 aliphatic rings. The Morgan fingerprint density at radius 3 is 2.45 bits per heavy atom. The molecule has 3 atom stereocenters. The molecule has 8 nitrogen and oxygen atoms in total. The van der Waals surface area contributed by atoms with Crippen LogP contribution < -0.4 is 9.64 Å². The fourth-order valence-corrected chi connectivity index (χ4v) is 7.77. The van der Waals surface area contributed by atoms with E-state index in [0.717, 1.165) is 64.8 Å². The monoisotopic (exact) mass is 589 g/mol. The number of benzene rings is 2. The number of thiazole rings is 1. The number of fused-ring (bicyclic) bond motifs is 2. The summed E-state index contributed by atoms with van der Waals surface area (Å²) in [5, 5.41) is 22.2. The van der Waals surface area contributed by atoms with E-state index in [-0.39, 0.29) is 24.3 Å². The van der Waals surface area contributed by atoms with Crippen molar-refractivity contribution in [2.45, 2.75) is 58.7 Å². The van der Waals surface area contributed by atoms with Gasteiger partial charge in [0.1, 0.15) is 12.4 Å². The topological polar surface area (TPSA) is 103 Å². The lowest BCUT2D eigenvalue weighted by Crippen LogP contribution is -2.42. The van der Waals surface area contributed by atoms with Crippen molar-refractivity contribution in [1.82, 2.24) is 9.88 Å². The third-order valence-electron chi connectivity index (χ3n) is 9.34. The van der Waals surface area contributed by atoms with E-state index in [0.29, 0.717) is 49.9 Å². The van der Waals surface area contributed by atoms with Crippen molar-refractivity contribution in [1.29, 1.82) is 0 Å². The SMILES string of the molecule is Cc1ccc(OCc2ccc(C(=O)N3CCC(O)CC3)cc2C)c(-c2csc(N3C[C@H]4CC[C@@H](C3)C4CC(=O)O)n2)c1. The van der Waals surface area contributed by atoms with Gasteiger partial charge in [-0.3, -0.25) is 9.59 Å². The number of amides is 1. The summed E-state index contributed by atoms with van der Waals surface area (Å²) >= 11 is 1.64. The number of anilines is 1. The zero-order valence-corrected chi connectivity index (χ0v) is 25.1. The van der Waals surface area contributed by atoms with Crippen molar-refractivity contribution in [3.05, 3.63) is 64.0 Å². The number of aliphatic hydroxyl groups excluding tert-OH is 1. The van der Waals surface area contributed by atoms with Gasteiger partial charge in [-0.05, 0) is 92.7 Å². The largest absolute Gasteiger partial charge is 0.488 e. The maximum Gasteiger partial charge on any atom is 0.303 e. The first kappa shape index (κ1) is 28.7. The number of carbonyl (C=O) groups is 2. The van der Waals surface area contributed by atoms with Gasteiger partial charge in [-0.15, -0.1) is 11.3 Å². The highest BCUT2D eigenvalue weighted by atomic mass is 32.1.